The molecule has 3 heterocycles. The van der Waals surface area contributed by atoms with Gasteiger partial charge in [-0.05, 0) is 0 Å². The molecule has 0 aromatic rings. The highest BCUT2D eigenvalue weighted by atomic mass is 16.1. The minimum Gasteiger partial charge on any atom is -0.369 e. The van der Waals surface area contributed by atoms with Crippen molar-refractivity contribution in [2.45, 2.75) is 12.5 Å². The van der Waals surface area contributed by atoms with Crippen LogP contribution in [0.1, 0.15) is 6.42 Å². The fourth-order valence-electron chi connectivity index (χ4n) is 2.43. The number of hydrogen-bond donors (Lipinski definition) is 2. The Morgan fingerprint density at radius 1 is 1.53 bits per heavy atom. The van der Waals surface area contributed by atoms with E-state index < -0.39 is 0 Å². The fourth-order valence-corrected chi connectivity index (χ4v) is 2.43. The minimum absolute atomic E-state index is 0.295. The van der Waals surface area contributed by atoms with Crippen LogP contribution in [0.2, 0.25) is 0 Å². The van der Waals surface area contributed by atoms with E-state index in [1.165, 1.54) is 0 Å². The topological polar surface area (TPSA) is 61.6 Å². The molecule has 5 nitrogen and oxygen atoms in total. The van der Waals surface area contributed by atoms with Crippen molar-refractivity contribution in [1.82, 2.24) is 15.1 Å². The quantitative estimate of drug-likeness (QED) is 0.586. The van der Waals surface area contributed by atoms with Crippen molar-refractivity contribution >= 4 is 5.91 Å². The lowest BCUT2D eigenvalue weighted by Crippen LogP contribution is -2.41. The Morgan fingerprint density at radius 3 is 3.20 bits per heavy atom. The number of rotatable bonds is 1. The first-order valence-corrected chi connectivity index (χ1v) is 5.22. The van der Waals surface area contributed by atoms with Crippen molar-refractivity contribution in [3.63, 3.8) is 0 Å². The molecule has 3 rings (SSSR count). The van der Waals surface area contributed by atoms with Crippen molar-refractivity contribution in [2.24, 2.45) is 5.73 Å². The number of nitrogens with one attached hydrogen (secondary N) is 1. The SMILES string of the molecule is NC(=O)C1=CN2C=C3NCCN3CC2C1. The lowest BCUT2D eigenvalue weighted by atomic mass is 10.1. The maximum absolute atomic E-state index is 11.1. The van der Waals surface area contributed by atoms with Crippen molar-refractivity contribution in [3.8, 4) is 0 Å². The van der Waals surface area contributed by atoms with E-state index in [4.69, 9.17) is 5.73 Å². The van der Waals surface area contributed by atoms with Crippen molar-refractivity contribution in [2.75, 3.05) is 19.6 Å². The first-order valence-electron chi connectivity index (χ1n) is 5.22. The van der Waals surface area contributed by atoms with Crippen molar-refractivity contribution in [3.05, 3.63) is 23.8 Å². The second kappa shape index (κ2) is 2.92. The largest absolute Gasteiger partial charge is 0.369 e. The van der Waals surface area contributed by atoms with E-state index in [0.717, 1.165) is 37.4 Å². The number of carbonyl (C=O) groups is 1. The van der Waals surface area contributed by atoms with Crippen LogP contribution in [0, 0.1) is 0 Å². The molecule has 3 aliphatic rings. The van der Waals surface area contributed by atoms with E-state index in [2.05, 4.69) is 21.3 Å². The molecule has 1 unspecified atom stereocenters. The molecule has 3 aliphatic heterocycles. The summed E-state index contributed by atoms with van der Waals surface area (Å²) < 4.78 is 0. The van der Waals surface area contributed by atoms with Gasteiger partial charge >= 0.3 is 0 Å². The normalized spacial score (nSPS) is 27.9. The molecule has 1 atom stereocenters. The molecule has 3 N–H and O–H groups in total. The van der Waals surface area contributed by atoms with Gasteiger partial charge in [-0.1, -0.05) is 0 Å². The standard InChI is InChI=1S/C10H14N4O/c11-10(15)7-3-8-5-13-2-1-12-9(13)6-14(8)4-7/h4,6,8,12H,1-3,5H2,(H2,11,15). The molecular weight excluding hydrogens is 192 g/mol. The lowest BCUT2D eigenvalue weighted by molar-refractivity contribution is -0.114. The summed E-state index contributed by atoms with van der Waals surface area (Å²) in [5, 5.41) is 3.32. The molecule has 0 aromatic carbocycles. The summed E-state index contributed by atoms with van der Waals surface area (Å²) >= 11 is 0. The highest BCUT2D eigenvalue weighted by molar-refractivity contribution is 5.92. The van der Waals surface area contributed by atoms with Crippen LogP contribution >= 0.6 is 0 Å². The summed E-state index contributed by atoms with van der Waals surface area (Å²) in [4.78, 5) is 15.5. The van der Waals surface area contributed by atoms with Gasteiger partial charge in [-0.25, -0.2) is 0 Å². The number of carbonyl (C=O) groups excluding carboxylic acids is 1. The fraction of sp³-hybridized carbons (Fsp3) is 0.500. The number of fused-ring (bicyclic) bond motifs is 2. The summed E-state index contributed by atoms with van der Waals surface area (Å²) in [6.45, 7) is 3.05. The van der Waals surface area contributed by atoms with Gasteiger partial charge in [0.2, 0.25) is 5.91 Å². The third kappa shape index (κ3) is 1.26. The van der Waals surface area contributed by atoms with Gasteiger partial charge in [0.25, 0.3) is 0 Å². The summed E-state index contributed by atoms with van der Waals surface area (Å²) in [5.74, 6) is 0.865. The van der Waals surface area contributed by atoms with Crippen LogP contribution in [0.25, 0.3) is 0 Å². The molecule has 1 fully saturated rings. The predicted molar refractivity (Wildman–Crippen MR) is 55.2 cm³/mol. The predicted octanol–water partition coefficient (Wildman–Crippen LogP) is -0.852. The van der Waals surface area contributed by atoms with Gasteiger partial charge in [0.1, 0.15) is 5.82 Å². The molecule has 0 spiro atoms. The van der Waals surface area contributed by atoms with E-state index >= 15 is 0 Å². The number of amides is 1. The summed E-state index contributed by atoms with van der Waals surface area (Å²) in [6.07, 6.45) is 4.71. The first kappa shape index (κ1) is 8.64. The minimum atomic E-state index is -0.295. The van der Waals surface area contributed by atoms with Crippen molar-refractivity contribution < 1.29 is 4.79 Å². The van der Waals surface area contributed by atoms with E-state index in [9.17, 15) is 4.79 Å². The Hall–Kier alpha value is -1.65. The number of nitrogens with zero attached hydrogens (tertiary/aromatic N) is 2. The molecule has 0 aliphatic carbocycles. The monoisotopic (exact) mass is 206 g/mol. The van der Waals surface area contributed by atoms with Gasteiger partial charge in [-0.15, -0.1) is 0 Å². The van der Waals surface area contributed by atoms with Gasteiger partial charge in [0.05, 0.1) is 6.04 Å². The van der Waals surface area contributed by atoms with Gasteiger partial charge in [0.15, 0.2) is 0 Å². The van der Waals surface area contributed by atoms with Crippen LogP contribution in [-0.4, -0.2) is 41.4 Å². The van der Waals surface area contributed by atoms with Crippen molar-refractivity contribution in [1.29, 1.82) is 0 Å². The van der Waals surface area contributed by atoms with Gasteiger partial charge in [-0.2, -0.15) is 0 Å². The Bertz CT molecular complexity index is 374. The van der Waals surface area contributed by atoms with E-state index in [-0.39, 0.29) is 5.91 Å². The lowest BCUT2D eigenvalue weighted by Gasteiger charge is -2.34. The van der Waals surface area contributed by atoms with E-state index in [0.29, 0.717) is 6.04 Å². The molecule has 0 aromatic heterocycles. The molecule has 5 heteroatoms. The first-order chi connectivity index (χ1) is 7.24. The van der Waals surface area contributed by atoms with Crippen LogP contribution in [0.15, 0.2) is 23.8 Å². The van der Waals surface area contributed by atoms with E-state index in [1.54, 1.807) is 0 Å². The second-order valence-corrected chi connectivity index (χ2v) is 4.21. The molecule has 15 heavy (non-hydrogen) atoms. The second-order valence-electron chi connectivity index (χ2n) is 4.21. The molecule has 0 bridgehead atoms. The van der Waals surface area contributed by atoms with Crippen LogP contribution < -0.4 is 11.1 Å². The Kier molecular flexibility index (Phi) is 1.68. The number of hydrogen-bond acceptors (Lipinski definition) is 4. The third-order valence-corrected chi connectivity index (χ3v) is 3.23. The summed E-state index contributed by atoms with van der Waals surface area (Å²) in [7, 11) is 0. The van der Waals surface area contributed by atoms with Gasteiger partial charge in [0, 0.05) is 44.0 Å². The highest BCUT2D eigenvalue weighted by Crippen LogP contribution is 2.28. The number of primary amides is 1. The zero-order valence-electron chi connectivity index (χ0n) is 8.44. The van der Waals surface area contributed by atoms with Crippen LogP contribution in [0.3, 0.4) is 0 Å². The summed E-state index contributed by atoms with van der Waals surface area (Å²) in [5.41, 5.74) is 6.02. The molecular formula is C10H14N4O. The summed E-state index contributed by atoms with van der Waals surface area (Å²) in [6, 6.07) is 0.385. The third-order valence-electron chi connectivity index (χ3n) is 3.23. The Labute approximate surface area is 88.2 Å². The zero-order chi connectivity index (χ0) is 10.4. The van der Waals surface area contributed by atoms with E-state index in [1.807, 2.05) is 6.20 Å². The van der Waals surface area contributed by atoms with Gasteiger partial charge in [-0.3, -0.25) is 4.79 Å². The molecule has 1 saturated heterocycles. The highest BCUT2D eigenvalue weighted by Gasteiger charge is 2.33. The molecule has 80 valence electrons. The smallest absolute Gasteiger partial charge is 0.246 e. The maximum Gasteiger partial charge on any atom is 0.246 e. The van der Waals surface area contributed by atoms with Gasteiger partial charge < -0.3 is 20.9 Å². The average molecular weight is 206 g/mol. The average Bonchev–Trinajstić information content (AvgIpc) is 2.77. The zero-order valence-corrected chi connectivity index (χ0v) is 8.44. The van der Waals surface area contributed by atoms with Crippen LogP contribution in [0.5, 0.6) is 0 Å². The Morgan fingerprint density at radius 2 is 2.40 bits per heavy atom. The van der Waals surface area contributed by atoms with Crippen LogP contribution in [0.4, 0.5) is 0 Å². The number of nitrogens with two attached hydrogens (primary N) is 1. The molecule has 0 saturated carbocycles. The Balaban J connectivity index is 1.86. The molecule has 1 amide bonds. The van der Waals surface area contributed by atoms with Crippen LogP contribution in [-0.2, 0) is 4.79 Å². The maximum atomic E-state index is 11.1. The molecule has 0 radical (unpaired) electrons.